The van der Waals surface area contributed by atoms with Crippen LogP contribution in [0.5, 0.6) is 0 Å². The molecule has 0 saturated carbocycles. The summed E-state index contributed by atoms with van der Waals surface area (Å²) < 4.78 is 2.25. The lowest BCUT2D eigenvalue weighted by atomic mass is 9.93. The number of amides is 1. The van der Waals surface area contributed by atoms with E-state index in [0.717, 1.165) is 55.2 Å². The summed E-state index contributed by atoms with van der Waals surface area (Å²) >= 11 is 0. The van der Waals surface area contributed by atoms with Crippen LogP contribution < -0.4 is 5.73 Å². The zero-order chi connectivity index (χ0) is 26.6. The molecule has 0 unspecified atom stereocenters. The van der Waals surface area contributed by atoms with Crippen molar-refractivity contribution in [3.05, 3.63) is 114 Å². The average Bonchev–Trinajstić information content (AvgIpc) is 3.56. The van der Waals surface area contributed by atoms with Crippen molar-refractivity contribution in [2.45, 2.75) is 38.3 Å². The molecule has 2 aromatic carbocycles. The number of hydrogen-bond acceptors (Lipinski definition) is 5. The Balaban J connectivity index is 1.40. The molecule has 1 atom stereocenters. The van der Waals surface area contributed by atoms with E-state index in [1.807, 2.05) is 36.5 Å². The Hall–Kier alpha value is -4.30. The molecule has 0 bridgehead atoms. The fourth-order valence-electron chi connectivity index (χ4n) is 5.72. The number of likely N-dealkylation sites (tertiary alicyclic amines) is 1. The number of H-pyrrole nitrogens is 1. The van der Waals surface area contributed by atoms with Gasteiger partial charge in [0.05, 0.1) is 18.3 Å². The molecular weight excluding hydrogens is 486 g/mol. The van der Waals surface area contributed by atoms with Gasteiger partial charge in [-0.1, -0.05) is 54.6 Å². The van der Waals surface area contributed by atoms with Crippen LogP contribution in [0.3, 0.4) is 0 Å². The summed E-state index contributed by atoms with van der Waals surface area (Å²) in [7, 11) is 0. The topological polar surface area (TPSA) is 106 Å². The molecule has 1 aliphatic rings. The number of aromatic nitrogens is 5. The molecule has 4 heterocycles. The SMILES string of the molecule is NC(=O)C1CCN([C@H](Cc2c[nH]c3ccccc23)c2nnc(Cc3ccccc3)n2Cc2ccccn2)CC1. The first kappa shape index (κ1) is 25.0. The zero-order valence-corrected chi connectivity index (χ0v) is 21.9. The number of nitrogens with two attached hydrogens (primary N) is 1. The molecule has 0 aliphatic carbocycles. The van der Waals surface area contributed by atoms with Crippen LogP contribution in [-0.2, 0) is 24.2 Å². The highest BCUT2D eigenvalue weighted by molar-refractivity contribution is 5.83. The summed E-state index contributed by atoms with van der Waals surface area (Å²) in [5.41, 5.74) is 10.2. The summed E-state index contributed by atoms with van der Waals surface area (Å²) in [5.74, 6) is 1.56. The van der Waals surface area contributed by atoms with Gasteiger partial charge in [0.15, 0.2) is 5.82 Å². The van der Waals surface area contributed by atoms with Gasteiger partial charge in [-0.2, -0.15) is 0 Å². The standard InChI is InChI=1S/C31H33N7O/c32-30(39)23-13-16-37(17-14-23)28(19-24-20-34-27-12-5-4-11-26(24)27)31-36-35-29(18-22-8-2-1-3-9-22)38(31)21-25-10-6-7-15-33-25/h1-12,15,20,23,28,34H,13-14,16-19,21H2,(H2,32,39)/t28-/m1/s1. The van der Waals surface area contributed by atoms with Crippen molar-refractivity contribution in [1.82, 2.24) is 29.6 Å². The molecule has 0 radical (unpaired) electrons. The van der Waals surface area contributed by atoms with E-state index >= 15 is 0 Å². The third kappa shape index (κ3) is 5.47. The number of aromatic amines is 1. The monoisotopic (exact) mass is 519 g/mol. The van der Waals surface area contributed by atoms with Crippen molar-refractivity contribution in [2.75, 3.05) is 13.1 Å². The van der Waals surface area contributed by atoms with E-state index in [-0.39, 0.29) is 17.9 Å². The van der Waals surface area contributed by atoms with E-state index in [4.69, 9.17) is 15.9 Å². The summed E-state index contributed by atoms with van der Waals surface area (Å²) in [6.07, 6.45) is 6.91. The Labute approximate surface area is 227 Å². The number of nitrogens with one attached hydrogen (secondary N) is 1. The van der Waals surface area contributed by atoms with Gasteiger partial charge in [0, 0.05) is 35.6 Å². The largest absolute Gasteiger partial charge is 0.369 e. The Morgan fingerprint density at radius 2 is 1.74 bits per heavy atom. The summed E-state index contributed by atoms with van der Waals surface area (Å²) in [6, 6.07) is 24.8. The molecule has 5 aromatic rings. The lowest BCUT2D eigenvalue weighted by Crippen LogP contribution is -2.42. The molecule has 8 nitrogen and oxygen atoms in total. The van der Waals surface area contributed by atoms with Gasteiger partial charge < -0.3 is 15.3 Å². The molecule has 3 aromatic heterocycles. The smallest absolute Gasteiger partial charge is 0.220 e. The number of pyridine rings is 1. The lowest BCUT2D eigenvalue weighted by Gasteiger charge is -2.36. The lowest BCUT2D eigenvalue weighted by molar-refractivity contribution is -0.123. The van der Waals surface area contributed by atoms with Gasteiger partial charge in [-0.3, -0.25) is 14.7 Å². The first-order chi connectivity index (χ1) is 19.2. The fourth-order valence-corrected chi connectivity index (χ4v) is 5.72. The maximum atomic E-state index is 11.9. The molecule has 6 rings (SSSR count). The highest BCUT2D eigenvalue weighted by Gasteiger charge is 2.32. The maximum Gasteiger partial charge on any atom is 0.220 e. The minimum atomic E-state index is -0.203. The van der Waals surface area contributed by atoms with Crippen LogP contribution in [-0.4, -0.2) is 48.6 Å². The minimum absolute atomic E-state index is 0.0150. The van der Waals surface area contributed by atoms with Gasteiger partial charge in [-0.25, -0.2) is 0 Å². The molecule has 39 heavy (non-hydrogen) atoms. The number of benzene rings is 2. The second kappa shape index (κ2) is 11.2. The maximum absolute atomic E-state index is 11.9. The van der Waals surface area contributed by atoms with E-state index in [1.165, 1.54) is 16.5 Å². The molecule has 198 valence electrons. The van der Waals surface area contributed by atoms with Crippen LogP contribution in [0.2, 0.25) is 0 Å². The number of hydrogen-bond donors (Lipinski definition) is 2. The molecule has 1 aliphatic heterocycles. The Bertz CT molecular complexity index is 1540. The predicted molar refractivity (Wildman–Crippen MR) is 151 cm³/mol. The van der Waals surface area contributed by atoms with Crippen LogP contribution >= 0.6 is 0 Å². The second-order valence-corrected chi connectivity index (χ2v) is 10.3. The van der Waals surface area contributed by atoms with Crippen LogP contribution in [0.25, 0.3) is 10.9 Å². The Kier molecular flexibility index (Phi) is 7.19. The Morgan fingerprint density at radius 3 is 2.51 bits per heavy atom. The number of para-hydroxylation sites is 1. The van der Waals surface area contributed by atoms with Crippen LogP contribution in [0.15, 0.2) is 85.2 Å². The van der Waals surface area contributed by atoms with Gasteiger partial charge in [0.1, 0.15) is 5.82 Å². The van der Waals surface area contributed by atoms with E-state index < -0.39 is 0 Å². The van der Waals surface area contributed by atoms with Crippen molar-refractivity contribution >= 4 is 16.8 Å². The highest BCUT2D eigenvalue weighted by atomic mass is 16.1. The summed E-state index contributed by atoms with van der Waals surface area (Å²) in [6.45, 7) is 2.16. The molecule has 0 spiro atoms. The number of carbonyl (C=O) groups is 1. The zero-order valence-electron chi connectivity index (χ0n) is 21.9. The number of piperidine rings is 1. The Morgan fingerprint density at radius 1 is 0.974 bits per heavy atom. The van der Waals surface area contributed by atoms with Crippen LogP contribution in [0, 0.1) is 5.92 Å². The van der Waals surface area contributed by atoms with Crippen molar-refractivity contribution in [2.24, 2.45) is 11.7 Å². The van der Waals surface area contributed by atoms with Crippen LogP contribution in [0.1, 0.15) is 47.4 Å². The number of nitrogens with zero attached hydrogens (tertiary/aromatic N) is 5. The van der Waals surface area contributed by atoms with Gasteiger partial charge in [0.2, 0.25) is 5.91 Å². The van der Waals surface area contributed by atoms with E-state index in [0.29, 0.717) is 13.0 Å². The summed E-state index contributed by atoms with van der Waals surface area (Å²) in [5, 5.41) is 10.8. The van der Waals surface area contributed by atoms with Crippen molar-refractivity contribution in [3.8, 4) is 0 Å². The molecule has 1 fully saturated rings. The second-order valence-electron chi connectivity index (χ2n) is 10.3. The normalized spacial score (nSPS) is 15.5. The van der Waals surface area contributed by atoms with E-state index in [2.05, 4.69) is 68.1 Å². The van der Waals surface area contributed by atoms with E-state index in [1.54, 1.807) is 0 Å². The molecule has 8 heteroatoms. The number of carbonyl (C=O) groups excluding carboxylic acids is 1. The molecular formula is C31H33N7O. The number of rotatable bonds is 9. The van der Waals surface area contributed by atoms with Crippen LogP contribution in [0.4, 0.5) is 0 Å². The third-order valence-corrected chi connectivity index (χ3v) is 7.87. The minimum Gasteiger partial charge on any atom is -0.369 e. The fraction of sp³-hybridized carbons (Fsp3) is 0.290. The van der Waals surface area contributed by atoms with Crippen molar-refractivity contribution in [1.29, 1.82) is 0 Å². The first-order valence-corrected chi connectivity index (χ1v) is 13.6. The summed E-state index contributed by atoms with van der Waals surface area (Å²) in [4.78, 5) is 22.4. The van der Waals surface area contributed by atoms with Crippen molar-refractivity contribution in [3.63, 3.8) is 0 Å². The van der Waals surface area contributed by atoms with Crippen molar-refractivity contribution < 1.29 is 4.79 Å². The number of primary amides is 1. The van der Waals surface area contributed by atoms with Gasteiger partial charge in [-0.15, -0.1) is 10.2 Å². The van der Waals surface area contributed by atoms with Gasteiger partial charge in [-0.05, 0) is 61.7 Å². The predicted octanol–water partition coefficient (Wildman–Crippen LogP) is 4.27. The third-order valence-electron chi connectivity index (χ3n) is 7.87. The van der Waals surface area contributed by atoms with Gasteiger partial charge >= 0.3 is 0 Å². The van der Waals surface area contributed by atoms with E-state index in [9.17, 15) is 4.79 Å². The quantitative estimate of drug-likeness (QED) is 0.303. The molecule has 1 saturated heterocycles. The average molecular weight is 520 g/mol. The van der Waals surface area contributed by atoms with Gasteiger partial charge in [0.25, 0.3) is 0 Å². The molecule has 1 amide bonds. The first-order valence-electron chi connectivity index (χ1n) is 13.6. The molecule has 3 N–H and O–H groups in total. The number of fused-ring (bicyclic) bond motifs is 1. The highest BCUT2D eigenvalue weighted by Crippen LogP contribution is 2.32.